The smallest absolute Gasteiger partial charge is 0.329 e. The molecule has 3 aromatic carbocycles. The van der Waals surface area contributed by atoms with E-state index in [4.69, 9.17) is 26.2 Å². The number of nitrogens with zero attached hydrogens (tertiary/aromatic N) is 2. The van der Waals surface area contributed by atoms with Crippen molar-refractivity contribution in [3.05, 3.63) is 105 Å². The fourth-order valence-corrected chi connectivity index (χ4v) is 4.85. The number of nitrogens with one attached hydrogen (secondary N) is 2. The van der Waals surface area contributed by atoms with Crippen molar-refractivity contribution >= 4 is 28.6 Å². The number of ether oxygens (including phenoxy) is 2. The lowest BCUT2D eigenvalue weighted by molar-refractivity contribution is -0.142. The standard InChI is InChI=1S/C31H30ClFN4O5/c32-23-10-14-26-27(18-23)35-31(34-26)37-30(40)25(13-7-21-5-11-24(33)12-6-21)29(36-37)22-8-3-20(4-9-22)2-1-15-41-16-17-42-19-28(38)39/h3-6,8-12,14,18,36H,1-2,7,13,15-17,19H2,(H,34,35)(H,38,39). The predicted octanol–water partition coefficient (Wildman–Crippen LogP) is 5.34. The van der Waals surface area contributed by atoms with Crippen molar-refractivity contribution in [1.82, 2.24) is 19.7 Å². The number of benzene rings is 3. The summed E-state index contributed by atoms with van der Waals surface area (Å²) in [5, 5.41) is 12.4. The van der Waals surface area contributed by atoms with Crippen LogP contribution in [-0.4, -0.2) is 57.3 Å². The molecule has 0 radical (unpaired) electrons. The first-order valence-corrected chi connectivity index (χ1v) is 14.0. The first-order chi connectivity index (χ1) is 20.4. The van der Waals surface area contributed by atoms with Crippen LogP contribution in [0.4, 0.5) is 4.39 Å². The Morgan fingerprint density at radius 2 is 1.64 bits per heavy atom. The normalized spacial score (nSPS) is 11.4. The first-order valence-electron chi connectivity index (χ1n) is 13.6. The Morgan fingerprint density at radius 1 is 0.929 bits per heavy atom. The number of imidazole rings is 1. The average molecular weight is 593 g/mol. The highest BCUT2D eigenvalue weighted by Gasteiger charge is 2.19. The molecule has 0 spiro atoms. The van der Waals surface area contributed by atoms with Gasteiger partial charge in [-0.3, -0.25) is 9.89 Å². The fraction of sp³-hybridized carbons (Fsp3) is 0.258. The van der Waals surface area contributed by atoms with E-state index in [2.05, 4.69) is 15.1 Å². The topological polar surface area (TPSA) is 122 Å². The third-order valence-electron chi connectivity index (χ3n) is 6.80. The molecule has 3 N–H and O–H groups in total. The van der Waals surface area contributed by atoms with Crippen LogP contribution in [0, 0.1) is 5.82 Å². The number of aromatic amines is 2. The maximum Gasteiger partial charge on any atom is 0.329 e. The molecule has 0 aliphatic heterocycles. The second-order valence-electron chi connectivity index (χ2n) is 9.81. The van der Waals surface area contributed by atoms with Crippen LogP contribution >= 0.6 is 11.6 Å². The molecule has 5 aromatic rings. The quantitative estimate of drug-likeness (QED) is 0.150. The van der Waals surface area contributed by atoms with E-state index in [1.807, 2.05) is 24.3 Å². The van der Waals surface area contributed by atoms with Crippen LogP contribution in [0.2, 0.25) is 5.02 Å². The van der Waals surface area contributed by atoms with Gasteiger partial charge in [0, 0.05) is 17.2 Å². The molecule has 0 bridgehead atoms. The maximum absolute atomic E-state index is 13.7. The Morgan fingerprint density at radius 3 is 2.40 bits per heavy atom. The van der Waals surface area contributed by atoms with E-state index in [0.717, 1.165) is 35.0 Å². The summed E-state index contributed by atoms with van der Waals surface area (Å²) in [7, 11) is 0. The van der Waals surface area contributed by atoms with E-state index in [0.29, 0.717) is 53.8 Å². The van der Waals surface area contributed by atoms with Gasteiger partial charge < -0.3 is 19.6 Å². The van der Waals surface area contributed by atoms with Gasteiger partial charge in [-0.15, -0.1) is 0 Å². The highest BCUT2D eigenvalue weighted by Crippen LogP contribution is 2.24. The Hall–Kier alpha value is -4.25. The van der Waals surface area contributed by atoms with Crippen LogP contribution < -0.4 is 5.56 Å². The number of hydrogen-bond acceptors (Lipinski definition) is 5. The van der Waals surface area contributed by atoms with E-state index in [9.17, 15) is 14.0 Å². The molecule has 2 heterocycles. The Bertz CT molecular complexity index is 1710. The van der Waals surface area contributed by atoms with Gasteiger partial charge in [0.2, 0.25) is 5.95 Å². The molecule has 218 valence electrons. The zero-order chi connectivity index (χ0) is 29.5. The molecule has 42 heavy (non-hydrogen) atoms. The minimum atomic E-state index is -1.00. The molecule has 0 fully saturated rings. The van der Waals surface area contributed by atoms with Crippen LogP contribution in [0.15, 0.2) is 71.5 Å². The molecular weight excluding hydrogens is 563 g/mol. The predicted molar refractivity (Wildman–Crippen MR) is 158 cm³/mol. The summed E-state index contributed by atoms with van der Waals surface area (Å²) < 4.78 is 25.3. The summed E-state index contributed by atoms with van der Waals surface area (Å²) >= 11 is 6.13. The summed E-state index contributed by atoms with van der Waals surface area (Å²) in [5.74, 6) is -0.944. The molecule has 0 aliphatic rings. The second kappa shape index (κ2) is 13.6. The molecule has 11 heteroatoms. The second-order valence-corrected chi connectivity index (χ2v) is 10.2. The lowest BCUT2D eigenvalue weighted by atomic mass is 10.00. The summed E-state index contributed by atoms with van der Waals surface area (Å²) in [6.07, 6.45) is 2.61. The van der Waals surface area contributed by atoms with Gasteiger partial charge >= 0.3 is 5.97 Å². The Labute approximate surface area is 245 Å². The molecular formula is C31H30ClFN4O5. The van der Waals surface area contributed by atoms with Crippen molar-refractivity contribution in [3.8, 4) is 17.2 Å². The van der Waals surface area contributed by atoms with Gasteiger partial charge in [-0.2, -0.15) is 4.68 Å². The highest BCUT2D eigenvalue weighted by molar-refractivity contribution is 6.31. The summed E-state index contributed by atoms with van der Waals surface area (Å²) in [5.41, 5.74) is 5.38. The maximum atomic E-state index is 13.7. The molecule has 2 aromatic heterocycles. The number of rotatable bonds is 14. The monoisotopic (exact) mass is 592 g/mol. The minimum Gasteiger partial charge on any atom is -0.480 e. The number of aliphatic carboxylic acids is 1. The van der Waals surface area contributed by atoms with E-state index < -0.39 is 5.97 Å². The minimum absolute atomic E-state index is 0.217. The third kappa shape index (κ3) is 7.33. The SMILES string of the molecule is O=C(O)COCCOCCCc1ccc(-c2[nH]n(-c3nc4ccc(Cl)cc4[nH]3)c(=O)c2CCc2ccc(F)cc2)cc1. The van der Waals surface area contributed by atoms with E-state index >= 15 is 0 Å². The van der Waals surface area contributed by atoms with Crippen molar-refractivity contribution in [3.63, 3.8) is 0 Å². The van der Waals surface area contributed by atoms with Crippen LogP contribution in [0.5, 0.6) is 0 Å². The number of aromatic nitrogens is 4. The lowest BCUT2D eigenvalue weighted by Crippen LogP contribution is -2.18. The molecule has 0 saturated heterocycles. The Kier molecular flexibility index (Phi) is 9.48. The van der Waals surface area contributed by atoms with Gasteiger partial charge in [0.15, 0.2) is 0 Å². The van der Waals surface area contributed by atoms with Crippen LogP contribution in [0.3, 0.4) is 0 Å². The number of hydrogen-bond donors (Lipinski definition) is 3. The average Bonchev–Trinajstić information content (AvgIpc) is 3.54. The van der Waals surface area contributed by atoms with Crippen molar-refractivity contribution < 1.29 is 23.8 Å². The fourth-order valence-electron chi connectivity index (χ4n) is 4.68. The Balaban J connectivity index is 1.32. The lowest BCUT2D eigenvalue weighted by Gasteiger charge is -2.07. The summed E-state index contributed by atoms with van der Waals surface area (Å²) in [6, 6.07) is 19.6. The van der Waals surface area contributed by atoms with Crippen molar-refractivity contribution in [2.75, 3.05) is 26.4 Å². The number of carboxylic acid groups (broad SMARTS) is 1. The van der Waals surface area contributed by atoms with Gasteiger partial charge in [0.1, 0.15) is 12.4 Å². The van der Waals surface area contributed by atoms with Gasteiger partial charge in [-0.1, -0.05) is 48.0 Å². The number of halogens is 2. The van der Waals surface area contributed by atoms with Crippen LogP contribution in [-0.2, 0) is 33.5 Å². The summed E-state index contributed by atoms with van der Waals surface area (Å²) in [6.45, 7) is 0.787. The summed E-state index contributed by atoms with van der Waals surface area (Å²) in [4.78, 5) is 31.9. The van der Waals surface area contributed by atoms with E-state index in [1.54, 1.807) is 30.3 Å². The molecule has 0 atom stereocenters. The number of H-pyrrole nitrogens is 2. The first kappa shape index (κ1) is 29.2. The van der Waals surface area contributed by atoms with Crippen molar-refractivity contribution in [2.45, 2.75) is 25.7 Å². The number of carbonyl (C=O) groups is 1. The molecule has 0 amide bonds. The van der Waals surface area contributed by atoms with Gasteiger partial charge in [-0.25, -0.2) is 14.2 Å². The largest absolute Gasteiger partial charge is 0.480 e. The van der Waals surface area contributed by atoms with Crippen LogP contribution in [0.25, 0.3) is 28.2 Å². The molecule has 5 rings (SSSR count). The molecule has 0 aliphatic carbocycles. The highest BCUT2D eigenvalue weighted by atomic mass is 35.5. The zero-order valence-electron chi connectivity index (χ0n) is 22.7. The van der Waals surface area contributed by atoms with Crippen LogP contribution in [0.1, 0.15) is 23.1 Å². The number of fused-ring (bicyclic) bond motifs is 1. The van der Waals surface area contributed by atoms with E-state index in [-0.39, 0.29) is 24.6 Å². The van der Waals surface area contributed by atoms with Crippen molar-refractivity contribution in [2.24, 2.45) is 0 Å². The zero-order valence-corrected chi connectivity index (χ0v) is 23.5. The molecule has 0 saturated carbocycles. The molecule has 9 nitrogen and oxygen atoms in total. The van der Waals surface area contributed by atoms with Gasteiger partial charge in [0.05, 0.1) is 29.9 Å². The van der Waals surface area contributed by atoms with Gasteiger partial charge in [-0.05, 0) is 72.7 Å². The van der Waals surface area contributed by atoms with Crippen molar-refractivity contribution in [1.29, 1.82) is 0 Å². The van der Waals surface area contributed by atoms with Gasteiger partial charge in [0.25, 0.3) is 5.56 Å². The third-order valence-corrected chi connectivity index (χ3v) is 7.04. The number of carboxylic acids is 1. The number of aryl methyl sites for hydroxylation is 2. The molecule has 0 unspecified atom stereocenters. The van der Waals surface area contributed by atoms with E-state index in [1.165, 1.54) is 16.8 Å².